The van der Waals surface area contributed by atoms with Crippen LogP contribution in [0.2, 0.25) is 0 Å². The van der Waals surface area contributed by atoms with Crippen LogP contribution >= 0.6 is 0 Å². The molecule has 0 saturated carbocycles. The molecule has 0 aliphatic rings. The molecule has 0 saturated heterocycles. The fourth-order valence-electron chi connectivity index (χ4n) is 0.883. The van der Waals surface area contributed by atoms with Crippen molar-refractivity contribution in [3.8, 4) is 0 Å². The molecule has 0 radical (unpaired) electrons. The molecule has 7 heteroatoms. The average Bonchev–Trinajstić information content (AvgIpc) is 2.47. The molecule has 1 aromatic heterocycles. The Morgan fingerprint density at radius 3 is 2.36 bits per heavy atom. The standard InChI is InChI=1S/C7H6N2.H2O4S/c1-2-4-7-6(3-1)5-8-9-7;1-5(2,3)4/h1-5H,(H,8,9);(H2,1,2,3,4). The molecule has 6 nitrogen and oxygen atoms in total. The SMILES string of the molecule is O=S(=O)(O)O.c1ccc2[nH]ncc2c1. The van der Waals surface area contributed by atoms with Crippen LogP contribution in [-0.4, -0.2) is 27.7 Å². The summed E-state index contributed by atoms with van der Waals surface area (Å²) < 4.78 is 31.6. The van der Waals surface area contributed by atoms with Crippen molar-refractivity contribution < 1.29 is 17.5 Å². The summed E-state index contributed by atoms with van der Waals surface area (Å²) in [5, 5.41) is 7.91. The van der Waals surface area contributed by atoms with Crippen LogP contribution in [0.5, 0.6) is 0 Å². The highest BCUT2D eigenvalue weighted by atomic mass is 32.3. The molecule has 1 heterocycles. The lowest BCUT2D eigenvalue weighted by atomic mass is 10.3. The van der Waals surface area contributed by atoms with Gasteiger partial charge < -0.3 is 0 Å². The number of rotatable bonds is 0. The first-order valence-electron chi connectivity index (χ1n) is 3.55. The van der Waals surface area contributed by atoms with Crippen molar-refractivity contribution in [2.75, 3.05) is 0 Å². The molecule has 1 aromatic carbocycles. The van der Waals surface area contributed by atoms with Gasteiger partial charge in [-0.1, -0.05) is 18.2 Å². The number of fused-ring (bicyclic) bond motifs is 1. The Balaban J connectivity index is 0.000000171. The van der Waals surface area contributed by atoms with Gasteiger partial charge in [-0.2, -0.15) is 13.5 Å². The van der Waals surface area contributed by atoms with Gasteiger partial charge in [0.05, 0.1) is 11.7 Å². The predicted octanol–water partition coefficient (Wildman–Crippen LogP) is 0.910. The maximum atomic E-state index is 8.74. The molecule has 0 bridgehead atoms. The third-order valence-electron chi connectivity index (χ3n) is 1.35. The lowest BCUT2D eigenvalue weighted by Crippen LogP contribution is -1.89. The monoisotopic (exact) mass is 216 g/mol. The van der Waals surface area contributed by atoms with E-state index in [0.717, 1.165) is 10.9 Å². The molecule has 2 aromatic rings. The van der Waals surface area contributed by atoms with Gasteiger partial charge in [0, 0.05) is 5.39 Å². The Kier molecular flexibility index (Phi) is 3.18. The summed E-state index contributed by atoms with van der Waals surface area (Å²) in [6, 6.07) is 8.01. The fourth-order valence-corrected chi connectivity index (χ4v) is 0.883. The summed E-state index contributed by atoms with van der Waals surface area (Å²) in [4.78, 5) is 0. The van der Waals surface area contributed by atoms with Gasteiger partial charge in [-0.05, 0) is 6.07 Å². The van der Waals surface area contributed by atoms with Crippen LogP contribution < -0.4 is 0 Å². The van der Waals surface area contributed by atoms with Crippen molar-refractivity contribution >= 4 is 21.3 Å². The van der Waals surface area contributed by atoms with E-state index in [1.807, 2.05) is 30.5 Å². The van der Waals surface area contributed by atoms with Gasteiger partial charge in [-0.15, -0.1) is 0 Å². The van der Waals surface area contributed by atoms with Crippen LogP contribution in [-0.2, 0) is 10.4 Å². The normalized spacial score (nSPS) is 10.7. The third-order valence-corrected chi connectivity index (χ3v) is 1.35. The molecule has 0 atom stereocenters. The zero-order valence-corrected chi connectivity index (χ0v) is 7.77. The van der Waals surface area contributed by atoms with Crippen molar-refractivity contribution in [3.05, 3.63) is 30.5 Å². The van der Waals surface area contributed by atoms with E-state index in [1.165, 1.54) is 0 Å². The Morgan fingerprint density at radius 1 is 1.21 bits per heavy atom. The molecule has 0 aliphatic carbocycles. The van der Waals surface area contributed by atoms with Crippen LogP contribution in [0.25, 0.3) is 10.9 Å². The minimum Gasteiger partial charge on any atom is -0.278 e. The van der Waals surface area contributed by atoms with Crippen LogP contribution in [0.3, 0.4) is 0 Å². The number of hydrogen-bond acceptors (Lipinski definition) is 3. The first-order valence-corrected chi connectivity index (χ1v) is 4.94. The van der Waals surface area contributed by atoms with E-state index in [1.54, 1.807) is 0 Å². The number of aromatic amines is 1. The molecule has 2 rings (SSSR count). The number of benzene rings is 1. The van der Waals surface area contributed by atoms with Gasteiger partial charge in [0.2, 0.25) is 0 Å². The Labute approximate surface area is 80.1 Å². The number of H-pyrrole nitrogens is 1. The van der Waals surface area contributed by atoms with Crippen LogP contribution in [0.4, 0.5) is 0 Å². The molecule has 0 aliphatic heterocycles. The predicted molar refractivity (Wildman–Crippen MR) is 50.3 cm³/mol. The second-order valence-corrected chi connectivity index (χ2v) is 3.30. The van der Waals surface area contributed by atoms with Crippen molar-refractivity contribution in [1.82, 2.24) is 10.2 Å². The van der Waals surface area contributed by atoms with Crippen molar-refractivity contribution in [2.45, 2.75) is 0 Å². The van der Waals surface area contributed by atoms with E-state index in [2.05, 4.69) is 10.2 Å². The van der Waals surface area contributed by atoms with Gasteiger partial charge in [-0.3, -0.25) is 14.2 Å². The average molecular weight is 216 g/mol. The quantitative estimate of drug-likeness (QED) is 0.568. The molecule has 76 valence electrons. The van der Waals surface area contributed by atoms with Crippen molar-refractivity contribution in [1.29, 1.82) is 0 Å². The summed E-state index contributed by atoms with van der Waals surface area (Å²) in [5.41, 5.74) is 1.09. The van der Waals surface area contributed by atoms with E-state index in [4.69, 9.17) is 17.5 Å². The summed E-state index contributed by atoms with van der Waals surface area (Å²) in [7, 11) is -4.67. The van der Waals surface area contributed by atoms with Crippen LogP contribution in [0.15, 0.2) is 30.5 Å². The van der Waals surface area contributed by atoms with Gasteiger partial charge in [-0.25, -0.2) is 0 Å². The van der Waals surface area contributed by atoms with E-state index < -0.39 is 10.4 Å². The van der Waals surface area contributed by atoms with Crippen LogP contribution in [0.1, 0.15) is 0 Å². The smallest absolute Gasteiger partial charge is 0.278 e. The first-order chi connectivity index (χ1) is 6.47. The summed E-state index contributed by atoms with van der Waals surface area (Å²) in [6.07, 6.45) is 1.81. The molecule has 14 heavy (non-hydrogen) atoms. The Hall–Kier alpha value is -1.44. The minimum absolute atomic E-state index is 1.09. The maximum Gasteiger partial charge on any atom is 0.394 e. The summed E-state index contributed by atoms with van der Waals surface area (Å²) in [5.74, 6) is 0. The number of hydrogen-bond donors (Lipinski definition) is 3. The Morgan fingerprint density at radius 2 is 1.79 bits per heavy atom. The van der Waals surface area contributed by atoms with Gasteiger partial charge >= 0.3 is 10.4 Å². The van der Waals surface area contributed by atoms with Crippen molar-refractivity contribution in [2.24, 2.45) is 0 Å². The van der Waals surface area contributed by atoms with E-state index in [0.29, 0.717) is 0 Å². The number of nitrogens with zero attached hydrogens (tertiary/aromatic N) is 1. The van der Waals surface area contributed by atoms with Crippen LogP contribution in [0, 0.1) is 0 Å². The largest absolute Gasteiger partial charge is 0.394 e. The highest BCUT2D eigenvalue weighted by molar-refractivity contribution is 7.79. The zero-order chi connectivity index (χ0) is 10.6. The highest BCUT2D eigenvalue weighted by Gasteiger charge is 1.88. The van der Waals surface area contributed by atoms with Crippen molar-refractivity contribution in [3.63, 3.8) is 0 Å². The first kappa shape index (κ1) is 10.6. The number of nitrogens with one attached hydrogen (secondary N) is 1. The number of para-hydroxylation sites is 1. The molecule has 0 spiro atoms. The zero-order valence-electron chi connectivity index (χ0n) is 6.95. The Bertz CT molecular complexity index is 467. The molecular formula is C7H8N2O4S. The second-order valence-electron chi connectivity index (χ2n) is 2.41. The van der Waals surface area contributed by atoms with E-state index in [-0.39, 0.29) is 0 Å². The lowest BCUT2D eigenvalue weighted by molar-refractivity contribution is 0.381. The topological polar surface area (TPSA) is 103 Å². The third kappa shape index (κ3) is 3.99. The minimum atomic E-state index is -4.67. The summed E-state index contributed by atoms with van der Waals surface area (Å²) in [6.45, 7) is 0. The van der Waals surface area contributed by atoms with Gasteiger partial charge in [0.15, 0.2) is 0 Å². The van der Waals surface area contributed by atoms with Gasteiger partial charge in [0.1, 0.15) is 0 Å². The second kappa shape index (κ2) is 4.18. The van der Waals surface area contributed by atoms with Gasteiger partial charge in [0.25, 0.3) is 0 Å². The molecule has 3 N–H and O–H groups in total. The molecule has 0 amide bonds. The van der Waals surface area contributed by atoms with E-state index >= 15 is 0 Å². The fraction of sp³-hybridized carbons (Fsp3) is 0. The lowest BCUT2D eigenvalue weighted by Gasteiger charge is -1.81. The van der Waals surface area contributed by atoms with E-state index in [9.17, 15) is 0 Å². The highest BCUT2D eigenvalue weighted by Crippen LogP contribution is 2.06. The maximum absolute atomic E-state index is 8.74. The molecule has 0 unspecified atom stereocenters. The number of aromatic nitrogens is 2. The summed E-state index contributed by atoms with van der Waals surface area (Å²) >= 11 is 0. The molecule has 0 fully saturated rings. The molecular weight excluding hydrogens is 208 g/mol.